The SMILES string of the molecule is CCC=Cc1cc(-c2ccccc2)ccc1S(=O)(=O)c1ccc(-c2ccccc2)cc1C=CCC. The van der Waals surface area contributed by atoms with Crippen LogP contribution in [0.15, 0.2) is 119 Å². The Hall–Kier alpha value is -3.69. The molecule has 0 fully saturated rings. The summed E-state index contributed by atoms with van der Waals surface area (Å²) in [5.41, 5.74) is 5.50. The molecule has 0 aliphatic rings. The molecular formula is C32H30O2S. The summed E-state index contributed by atoms with van der Waals surface area (Å²) in [5, 5.41) is 0. The molecule has 0 amide bonds. The molecule has 4 aromatic carbocycles. The molecule has 4 rings (SSSR count). The Morgan fingerprint density at radius 1 is 0.543 bits per heavy atom. The second-order valence-electron chi connectivity index (χ2n) is 8.36. The first-order valence-electron chi connectivity index (χ1n) is 12.0. The van der Waals surface area contributed by atoms with Crippen molar-refractivity contribution in [3.8, 4) is 22.3 Å². The van der Waals surface area contributed by atoms with Crippen molar-refractivity contribution in [2.24, 2.45) is 0 Å². The Morgan fingerprint density at radius 2 is 0.943 bits per heavy atom. The number of rotatable bonds is 8. The molecule has 0 unspecified atom stereocenters. The maximum Gasteiger partial charge on any atom is 0.207 e. The predicted octanol–water partition coefficient (Wildman–Crippen LogP) is 8.70. The van der Waals surface area contributed by atoms with Crippen LogP contribution in [-0.4, -0.2) is 8.42 Å². The molecule has 0 spiro atoms. The first-order valence-corrected chi connectivity index (χ1v) is 13.5. The second kappa shape index (κ2) is 11.2. The predicted molar refractivity (Wildman–Crippen MR) is 148 cm³/mol. The van der Waals surface area contributed by atoms with E-state index >= 15 is 0 Å². The van der Waals surface area contributed by atoms with Gasteiger partial charge in [-0.3, -0.25) is 0 Å². The van der Waals surface area contributed by atoms with Crippen molar-refractivity contribution < 1.29 is 8.42 Å². The fourth-order valence-electron chi connectivity index (χ4n) is 4.08. The summed E-state index contributed by atoms with van der Waals surface area (Å²) in [6.45, 7) is 4.09. The summed E-state index contributed by atoms with van der Waals surface area (Å²) >= 11 is 0. The van der Waals surface area contributed by atoms with E-state index < -0.39 is 9.84 Å². The van der Waals surface area contributed by atoms with Gasteiger partial charge in [-0.2, -0.15) is 0 Å². The zero-order valence-electron chi connectivity index (χ0n) is 20.2. The molecule has 0 aliphatic heterocycles. The van der Waals surface area contributed by atoms with Gasteiger partial charge in [0.15, 0.2) is 0 Å². The summed E-state index contributed by atoms with van der Waals surface area (Å²) < 4.78 is 28.1. The van der Waals surface area contributed by atoms with Crippen LogP contribution >= 0.6 is 0 Å². The van der Waals surface area contributed by atoms with Gasteiger partial charge in [0.25, 0.3) is 0 Å². The van der Waals surface area contributed by atoms with Crippen molar-refractivity contribution in [2.75, 3.05) is 0 Å². The minimum Gasteiger partial charge on any atom is -0.218 e. The van der Waals surface area contributed by atoms with Gasteiger partial charge in [0.1, 0.15) is 0 Å². The quantitative estimate of drug-likeness (QED) is 0.254. The van der Waals surface area contributed by atoms with E-state index in [-0.39, 0.29) is 0 Å². The Labute approximate surface area is 209 Å². The molecule has 0 aromatic heterocycles. The molecule has 0 bridgehead atoms. The lowest BCUT2D eigenvalue weighted by molar-refractivity contribution is 0.596. The Kier molecular flexibility index (Phi) is 7.79. The van der Waals surface area contributed by atoms with Gasteiger partial charge in [0, 0.05) is 0 Å². The zero-order valence-corrected chi connectivity index (χ0v) is 21.0. The number of hydrogen-bond donors (Lipinski definition) is 0. The molecule has 4 aromatic rings. The summed E-state index contributed by atoms with van der Waals surface area (Å²) in [5.74, 6) is 0. The smallest absolute Gasteiger partial charge is 0.207 e. The third kappa shape index (κ3) is 5.52. The van der Waals surface area contributed by atoms with Gasteiger partial charge in [-0.15, -0.1) is 0 Å². The number of benzene rings is 4. The summed E-state index contributed by atoms with van der Waals surface area (Å²) in [6, 6.07) is 31.2. The highest BCUT2D eigenvalue weighted by Gasteiger charge is 2.24. The average molecular weight is 479 g/mol. The Bertz CT molecular complexity index is 1340. The second-order valence-corrected chi connectivity index (χ2v) is 10.2. The highest BCUT2D eigenvalue weighted by molar-refractivity contribution is 7.91. The third-order valence-electron chi connectivity index (χ3n) is 5.88. The van der Waals surface area contributed by atoms with E-state index in [9.17, 15) is 8.42 Å². The molecule has 3 heteroatoms. The minimum absolute atomic E-state index is 0.320. The lowest BCUT2D eigenvalue weighted by Gasteiger charge is -2.14. The van der Waals surface area contributed by atoms with Crippen LogP contribution in [0.3, 0.4) is 0 Å². The maximum absolute atomic E-state index is 14.0. The van der Waals surface area contributed by atoms with Crippen molar-refractivity contribution in [2.45, 2.75) is 36.5 Å². The van der Waals surface area contributed by atoms with E-state index in [0.29, 0.717) is 20.9 Å². The summed E-state index contributed by atoms with van der Waals surface area (Å²) in [4.78, 5) is 0.640. The van der Waals surface area contributed by atoms with Crippen LogP contribution in [0.5, 0.6) is 0 Å². The zero-order chi connectivity index (χ0) is 24.7. The molecule has 0 radical (unpaired) electrons. The standard InChI is InChI=1S/C32H30O2S/c1-3-5-13-29-23-27(25-15-9-7-10-16-25)19-21-31(29)35(33,34)32-22-20-28(24-30(32)14-6-4-2)26-17-11-8-12-18-26/h5-24H,3-4H2,1-2H3. The highest BCUT2D eigenvalue weighted by Crippen LogP contribution is 2.33. The normalized spacial score (nSPS) is 11.9. The molecule has 35 heavy (non-hydrogen) atoms. The van der Waals surface area contributed by atoms with Gasteiger partial charge in [-0.25, -0.2) is 8.42 Å². The Morgan fingerprint density at radius 3 is 1.31 bits per heavy atom. The largest absolute Gasteiger partial charge is 0.218 e. The van der Waals surface area contributed by atoms with Crippen LogP contribution < -0.4 is 0 Å². The fraction of sp³-hybridized carbons (Fsp3) is 0.125. The van der Waals surface area contributed by atoms with Crippen LogP contribution in [0.25, 0.3) is 34.4 Å². The fourth-order valence-corrected chi connectivity index (χ4v) is 5.68. The van der Waals surface area contributed by atoms with Crippen molar-refractivity contribution in [3.63, 3.8) is 0 Å². The molecular weight excluding hydrogens is 448 g/mol. The highest BCUT2D eigenvalue weighted by atomic mass is 32.2. The van der Waals surface area contributed by atoms with Gasteiger partial charge >= 0.3 is 0 Å². The van der Waals surface area contributed by atoms with Crippen LogP contribution in [0.1, 0.15) is 37.8 Å². The maximum atomic E-state index is 14.0. The van der Waals surface area contributed by atoms with Crippen molar-refractivity contribution >= 4 is 22.0 Å². The van der Waals surface area contributed by atoms with E-state index in [2.05, 4.69) is 0 Å². The molecule has 0 heterocycles. The molecule has 0 atom stereocenters. The monoisotopic (exact) mass is 478 g/mol. The summed E-state index contributed by atoms with van der Waals surface area (Å²) in [6.07, 6.45) is 9.48. The van der Waals surface area contributed by atoms with Gasteiger partial charge in [-0.05, 0) is 70.5 Å². The van der Waals surface area contributed by atoms with Crippen molar-refractivity contribution in [3.05, 3.63) is 120 Å². The topological polar surface area (TPSA) is 34.1 Å². The van der Waals surface area contributed by atoms with Crippen molar-refractivity contribution in [1.82, 2.24) is 0 Å². The molecule has 0 aliphatic carbocycles. The average Bonchev–Trinajstić information content (AvgIpc) is 2.91. The minimum atomic E-state index is -3.76. The number of hydrogen-bond acceptors (Lipinski definition) is 2. The molecule has 0 saturated heterocycles. The van der Waals surface area contributed by atoms with E-state index in [1.807, 2.05) is 123 Å². The Balaban J connectivity index is 1.86. The first kappa shape index (κ1) is 24.4. The van der Waals surface area contributed by atoms with Gasteiger partial charge in [0.2, 0.25) is 9.84 Å². The lowest BCUT2D eigenvalue weighted by atomic mass is 10.0. The molecule has 176 valence electrons. The lowest BCUT2D eigenvalue weighted by Crippen LogP contribution is -2.06. The van der Waals surface area contributed by atoms with E-state index in [0.717, 1.165) is 35.1 Å². The van der Waals surface area contributed by atoms with Gasteiger partial charge < -0.3 is 0 Å². The van der Waals surface area contributed by atoms with Crippen LogP contribution in [-0.2, 0) is 9.84 Å². The third-order valence-corrected chi connectivity index (χ3v) is 7.78. The first-order chi connectivity index (χ1) is 17.0. The number of allylic oxidation sites excluding steroid dienone is 2. The van der Waals surface area contributed by atoms with Crippen molar-refractivity contribution in [1.29, 1.82) is 0 Å². The van der Waals surface area contributed by atoms with Crippen LogP contribution in [0.4, 0.5) is 0 Å². The van der Waals surface area contributed by atoms with Gasteiger partial charge in [0.05, 0.1) is 9.79 Å². The van der Waals surface area contributed by atoms with E-state index in [4.69, 9.17) is 0 Å². The van der Waals surface area contributed by atoms with E-state index in [1.54, 1.807) is 12.1 Å². The summed E-state index contributed by atoms with van der Waals surface area (Å²) in [7, 11) is -3.76. The van der Waals surface area contributed by atoms with Crippen LogP contribution in [0.2, 0.25) is 0 Å². The van der Waals surface area contributed by atoms with Gasteiger partial charge in [-0.1, -0.05) is 111 Å². The van der Waals surface area contributed by atoms with E-state index in [1.165, 1.54) is 0 Å². The van der Waals surface area contributed by atoms with Crippen LogP contribution in [0, 0.1) is 0 Å². The molecule has 0 saturated carbocycles. The number of sulfone groups is 1. The molecule has 0 N–H and O–H groups in total. The molecule has 2 nitrogen and oxygen atoms in total.